The molecule has 1 aliphatic rings. The van der Waals surface area contributed by atoms with E-state index >= 15 is 0 Å². The third-order valence-electron chi connectivity index (χ3n) is 3.75. The van der Waals surface area contributed by atoms with Gasteiger partial charge in [0.05, 0.1) is 12.4 Å². The molecule has 3 nitrogen and oxygen atoms in total. The van der Waals surface area contributed by atoms with Gasteiger partial charge in [-0.05, 0) is 24.3 Å². The van der Waals surface area contributed by atoms with Crippen molar-refractivity contribution in [2.45, 2.75) is 18.6 Å². The van der Waals surface area contributed by atoms with Crippen molar-refractivity contribution in [1.29, 1.82) is 0 Å². The lowest BCUT2D eigenvalue weighted by atomic mass is 9.99. The van der Waals surface area contributed by atoms with E-state index in [-0.39, 0.29) is 5.91 Å². The Morgan fingerprint density at radius 3 is 3.00 bits per heavy atom. The molecule has 0 spiro atoms. The lowest BCUT2D eigenvalue weighted by molar-refractivity contribution is -0.130. The number of thioether (sulfide) groups is 1. The van der Waals surface area contributed by atoms with E-state index in [4.69, 9.17) is 11.2 Å². The minimum Gasteiger partial charge on any atom is -0.368 e. The Labute approximate surface area is 137 Å². The third-order valence-corrected chi connectivity index (χ3v) is 4.74. The smallest absolute Gasteiger partial charge is 0.232 e. The normalized spacial score (nSPS) is 18.0. The van der Waals surface area contributed by atoms with Gasteiger partial charge < -0.3 is 9.64 Å². The summed E-state index contributed by atoms with van der Waals surface area (Å²) >= 11 is 1.68. The summed E-state index contributed by atoms with van der Waals surface area (Å²) in [6.45, 7) is 2.69. The van der Waals surface area contributed by atoms with Gasteiger partial charge in [0.15, 0.2) is 0 Å². The molecule has 1 amide bonds. The molecule has 1 aromatic rings. The van der Waals surface area contributed by atoms with Crippen LogP contribution in [0.2, 0.25) is 0 Å². The van der Waals surface area contributed by atoms with Crippen LogP contribution in [-0.2, 0) is 15.3 Å². The van der Waals surface area contributed by atoms with E-state index in [0.717, 1.165) is 31.7 Å². The highest BCUT2D eigenvalue weighted by molar-refractivity contribution is 7.99. The van der Waals surface area contributed by atoms with Gasteiger partial charge in [-0.3, -0.25) is 4.79 Å². The van der Waals surface area contributed by atoms with Crippen molar-refractivity contribution in [2.24, 2.45) is 5.92 Å². The number of nitrogens with zero attached hydrogens (tertiary/aromatic N) is 1. The number of amides is 1. The van der Waals surface area contributed by atoms with Crippen LogP contribution in [0, 0.1) is 18.3 Å². The average Bonchev–Trinajstić information content (AvgIpc) is 2.56. The Morgan fingerprint density at radius 1 is 1.41 bits per heavy atom. The number of carbonyl (C=O) groups is 1. The highest BCUT2D eigenvalue weighted by atomic mass is 32.2. The number of terminal acetylenes is 1. The van der Waals surface area contributed by atoms with Crippen molar-refractivity contribution in [3.63, 3.8) is 0 Å². The first-order valence-corrected chi connectivity index (χ1v) is 8.85. The molecule has 2 rings (SSSR count). The SMILES string of the molecule is C#CCOCC1CCCN(C(=O)CSCc2ccccc2)C1. The molecule has 1 fully saturated rings. The van der Waals surface area contributed by atoms with Gasteiger partial charge >= 0.3 is 0 Å². The maximum atomic E-state index is 12.3. The minimum absolute atomic E-state index is 0.239. The van der Waals surface area contributed by atoms with Crippen LogP contribution in [0.4, 0.5) is 0 Å². The number of benzene rings is 1. The molecule has 1 atom stereocenters. The number of carbonyl (C=O) groups excluding carboxylic acids is 1. The molecule has 0 N–H and O–H groups in total. The summed E-state index contributed by atoms with van der Waals surface area (Å²) in [5, 5.41) is 0. The van der Waals surface area contributed by atoms with Gasteiger partial charge in [0.1, 0.15) is 6.61 Å². The van der Waals surface area contributed by atoms with Gasteiger partial charge in [-0.15, -0.1) is 18.2 Å². The Bertz CT molecular complexity index is 498. The zero-order chi connectivity index (χ0) is 15.6. The largest absolute Gasteiger partial charge is 0.368 e. The molecule has 0 aliphatic carbocycles. The summed E-state index contributed by atoms with van der Waals surface area (Å²) in [7, 11) is 0. The second-order valence-electron chi connectivity index (χ2n) is 5.55. The minimum atomic E-state index is 0.239. The van der Waals surface area contributed by atoms with Crippen molar-refractivity contribution in [1.82, 2.24) is 4.90 Å². The van der Waals surface area contributed by atoms with Gasteiger partial charge in [0, 0.05) is 18.8 Å². The Balaban J connectivity index is 1.69. The molecular formula is C18H23NO2S. The fourth-order valence-corrected chi connectivity index (χ4v) is 3.52. The molecule has 0 bridgehead atoms. The monoisotopic (exact) mass is 317 g/mol. The second-order valence-corrected chi connectivity index (χ2v) is 6.53. The second kappa shape index (κ2) is 9.55. The molecule has 1 aromatic carbocycles. The summed E-state index contributed by atoms with van der Waals surface area (Å²) in [6, 6.07) is 10.3. The van der Waals surface area contributed by atoms with E-state index in [0.29, 0.717) is 24.9 Å². The summed E-state index contributed by atoms with van der Waals surface area (Å²) < 4.78 is 5.41. The number of hydrogen-bond acceptors (Lipinski definition) is 3. The average molecular weight is 317 g/mol. The Hall–Kier alpha value is -1.44. The molecule has 0 aromatic heterocycles. The van der Waals surface area contributed by atoms with Gasteiger partial charge in [0.2, 0.25) is 5.91 Å². The zero-order valence-electron chi connectivity index (χ0n) is 12.9. The first kappa shape index (κ1) is 16.9. The third kappa shape index (κ3) is 5.75. The lowest BCUT2D eigenvalue weighted by Crippen LogP contribution is -2.42. The van der Waals surface area contributed by atoms with E-state index in [9.17, 15) is 4.79 Å². The molecule has 1 aliphatic heterocycles. The van der Waals surface area contributed by atoms with E-state index in [2.05, 4.69) is 18.1 Å². The van der Waals surface area contributed by atoms with Crippen LogP contribution >= 0.6 is 11.8 Å². The molecule has 118 valence electrons. The van der Waals surface area contributed by atoms with Gasteiger partial charge in [0.25, 0.3) is 0 Å². The topological polar surface area (TPSA) is 29.5 Å². The fourth-order valence-electron chi connectivity index (χ4n) is 2.63. The van der Waals surface area contributed by atoms with Gasteiger partial charge in [-0.2, -0.15) is 0 Å². The molecule has 22 heavy (non-hydrogen) atoms. The van der Waals surface area contributed by atoms with E-state index in [1.807, 2.05) is 23.1 Å². The maximum absolute atomic E-state index is 12.3. The highest BCUT2D eigenvalue weighted by Crippen LogP contribution is 2.19. The molecule has 1 saturated heterocycles. The molecule has 0 saturated carbocycles. The van der Waals surface area contributed by atoms with Crippen molar-refractivity contribution in [2.75, 3.05) is 32.1 Å². The fraction of sp³-hybridized carbons (Fsp3) is 0.500. The molecule has 1 heterocycles. The van der Waals surface area contributed by atoms with Gasteiger partial charge in [-0.1, -0.05) is 36.3 Å². The number of ether oxygens (including phenoxy) is 1. The Morgan fingerprint density at radius 2 is 2.23 bits per heavy atom. The van der Waals surface area contributed by atoms with Crippen LogP contribution < -0.4 is 0 Å². The van der Waals surface area contributed by atoms with E-state index in [1.165, 1.54) is 5.56 Å². The number of piperidine rings is 1. The number of hydrogen-bond donors (Lipinski definition) is 0. The van der Waals surface area contributed by atoms with Crippen molar-refractivity contribution >= 4 is 17.7 Å². The van der Waals surface area contributed by atoms with Crippen molar-refractivity contribution in [3.8, 4) is 12.3 Å². The summed E-state index contributed by atoms with van der Waals surface area (Å²) in [4.78, 5) is 14.3. The first-order valence-electron chi connectivity index (χ1n) is 7.70. The quantitative estimate of drug-likeness (QED) is 0.572. The summed E-state index contributed by atoms with van der Waals surface area (Å²) in [5.41, 5.74) is 1.26. The van der Waals surface area contributed by atoms with Crippen molar-refractivity contribution in [3.05, 3.63) is 35.9 Å². The molecule has 4 heteroatoms. The van der Waals surface area contributed by atoms with Gasteiger partial charge in [-0.25, -0.2) is 0 Å². The lowest BCUT2D eigenvalue weighted by Gasteiger charge is -2.32. The Kier molecular flexibility index (Phi) is 7.35. The van der Waals surface area contributed by atoms with Crippen LogP contribution in [0.3, 0.4) is 0 Å². The molecule has 0 radical (unpaired) electrons. The zero-order valence-corrected chi connectivity index (χ0v) is 13.7. The van der Waals surface area contributed by atoms with Crippen LogP contribution in [0.15, 0.2) is 30.3 Å². The molecular weight excluding hydrogens is 294 g/mol. The molecule has 1 unspecified atom stereocenters. The van der Waals surface area contributed by atoms with E-state index in [1.54, 1.807) is 11.8 Å². The number of likely N-dealkylation sites (tertiary alicyclic amines) is 1. The van der Waals surface area contributed by atoms with Crippen LogP contribution in [0.25, 0.3) is 0 Å². The maximum Gasteiger partial charge on any atom is 0.232 e. The highest BCUT2D eigenvalue weighted by Gasteiger charge is 2.23. The van der Waals surface area contributed by atoms with Crippen LogP contribution in [-0.4, -0.2) is 42.9 Å². The van der Waals surface area contributed by atoms with Crippen molar-refractivity contribution < 1.29 is 9.53 Å². The first-order chi connectivity index (χ1) is 10.8. The standard InChI is InChI=1S/C18H23NO2S/c1-2-11-21-13-17-9-6-10-19(12-17)18(20)15-22-14-16-7-4-3-5-8-16/h1,3-5,7-8,17H,6,9-15H2. The number of rotatable bonds is 7. The predicted molar refractivity (Wildman–Crippen MR) is 91.6 cm³/mol. The van der Waals surface area contributed by atoms with E-state index < -0.39 is 0 Å². The summed E-state index contributed by atoms with van der Waals surface area (Å²) in [5.74, 6) is 4.57. The summed E-state index contributed by atoms with van der Waals surface area (Å²) in [6.07, 6.45) is 7.35. The van der Waals surface area contributed by atoms with Crippen LogP contribution in [0.5, 0.6) is 0 Å². The van der Waals surface area contributed by atoms with Crippen LogP contribution in [0.1, 0.15) is 18.4 Å². The predicted octanol–water partition coefficient (Wildman–Crippen LogP) is 2.81.